The van der Waals surface area contributed by atoms with Gasteiger partial charge in [-0.2, -0.15) is 10.5 Å². The summed E-state index contributed by atoms with van der Waals surface area (Å²) in [5.74, 6) is 0.755. The predicted octanol–water partition coefficient (Wildman–Crippen LogP) is 4.40. The van der Waals surface area contributed by atoms with Crippen LogP contribution in [0.5, 0.6) is 0 Å². The van der Waals surface area contributed by atoms with E-state index in [-0.39, 0.29) is 29.6 Å². The molecule has 6 unspecified atom stereocenters. The molecule has 0 saturated heterocycles. The highest BCUT2D eigenvalue weighted by Gasteiger charge is 2.70. The maximum atomic E-state index is 9.81. The lowest BCUT2D eigenvalue weighted by Gasteiger charge is -2.69. The molecule has 6 nitrogen and oxygen atoms in total. The van der Waals surface area contributed by atoms with Gasteiger partial charge in [-0.05, 0) is 59.9 Å². The first-order chi connectivity index (χ1) is 17.0. The average Bonchev–Trinajstić information content (AvgIpc) is 3.44. The Kier molecular flexibility index (Phi) is 3.88. The van der Waals surface area contributed by atoms with Gasteiger partial charge in [-0.15, -0.1) is 6.58 Å². The van der Waals surface area contributed by atoms with Crippen LogP contribution in [0.1, 0.15) is 34.6 Å². The van der Waals surface area contributed by atoms with Crippen molar-refractivity contribution < 1.29 is 0 Å². The van der Waals surface area contributed by atoms with Crippen molar-refractivity contribution >= 4 is 11.4 Å². The molecule has 7 rings (SSSR count). The Morgan fingerprint density at radius 2 is 1.60 bits per heavy atom. The highest BCUT2D eigenvalue weighted by atomic mass is 15.4. The third-order valence-electron chi connectivity index (χ3n) is 9.16. The van der Waals surface area contributed by atoms with Gasteiger partial charge in [-0.1, -0.05) is 6.08 Å². The monoisotopic (exact) mass is 458 g/mol. The van der Waals surface area contributed by atoms with E-state index in [1.165, 1.54) is 22.5 Å². The minimum Gasteiger partial charge on any atom is -0.359 e. The molecule has 0 radical (unpaired) electrons. The Morgan fingerprint density at radius 3 is 2.34 bits per heavy atom. The molecule has 6 atom stereocenters. The first-order valence-corrected chi connectivity index (χ1v) is 12.1. The quantitative estimate of drug-likeness (QED) is 0.591. The zero-order valence-corrected chi connectivity index (χ0v) is 19.8. The Bertz CT molecular complexity index is 1430. The molecule has 1 spiro atoms. The van der Waals surface area contributed by atoms with E-state index in [0.29, 0.717) is 17.0 Å². The third-order valence-corrected chi connectivity index (χ3v) is 9.16. The van der Waals surface area contributed by atoms with Crippen molar-refractivity contribution in [2.24, 2.45) is 11.8 Å². The maximum Gasteiger partial charge on any atom is 0.109 e. The fraction of sp³-hybridized carbons (Fsp3) is 0.310. The van der Waals surface area contributed by atoms with Gasteiger partial charge < -0.3 is 19.6 Å². The van der Waals surface area contributed by atoms with E-state index in [2.05, 4.69) is 108 Å². The van der Waals surface area contributed by atoms with Gasteiger partial charge in [0.25, 0.3) is 0 Å². The van der Waals surface area contributed by atoms with Crippen LogP contribution >= 0.6 is 0 Å². The van der Waals surface area contributed by atoms with Crippen LogP contribution in [0.4, 0.5) is 11.4 Å². The molecule has 6 heteroatoms. The summed E-state index contributed by atoms with van der Waals surface area (Å²) in [6.07, 6.45) is 12.1. The lowest BCUT2D eigenvalue weighted by atomic mass is 9.39. The molecule has 4 aliphatic heterocycles. The van der Waals surface area contributed by atoms with E-state index < -0.39 is 0 Å². The number of rotatable bonds is 1. The normalized spacial score (nSPS) is 32.7. The Morgan fingerprint density at radius 1 is 0.914 bits per heavy atom. The second kappa shape index (κ2) is 6.71. The number of allylic oxidation sites excluding steroid dienone is 1. The van der Waals surface area contributed by atoms with E-state index in [0.717, 1.165) is 6.42 Å². The summed E-state index contributed by atoms with van der Waals surface area (Å²) in [7, 11) is 4.29. The standard InChI is InChI=1S/C29H26N6/c1-4-21-26-27(20-13-18(16-30)5-7-23(20)35-12-10-33(3)28(26)35)29(21)15-25-32(2)9-11-34(25)24-8-6-19(17-31)14-22(24)29/h4-14,21,25-28H,1,15H2,2-3H3. The van der Waals surface area contributed by atoms with Gasteiger partial charge in [0, 0.05) is 67.5 Å². The largest absolute Gasteiger partial charge is 0.359 e. The molecule has 4 heterocycles. The summed E-state index contributed by atoms with van der Waals surface area (Å²) in [6, 6.07) is 17.0. The van der Waals surface area contributed by atoms with Crippen LogP contribution in [0.15, 0.2) is 73.9 Å². The summed E-state index contributed by atoms with van der Waals surface area (Å²) < 4.78 is 0. The van der Waals surface area contributed by atoms with Crippen LogP contribution in [-0.2, 0) is 5.41 Å². The van der Waals surface area contributed by atoms with Gasteiger partial charge in [-0.25, -0.2) is 0 Å². The average molecular weight is 459 g/mol. The molecule has 35 heavy (non-hydrogen) atoms. The molecule has 5 aliphatic rings. The van der Waals surface area contributed by atoms with Crippen molar-refractivity contribution in [1.82, 2.24) is 9.80 Å². The summed E-state index contributed by atoms with van der Waals surface area (Å²) in [5, 5.41) is 19.6. The van der Waals surface area contributed by atoms with Gasteiger partial charge in [0.2, 0.25) is 0 Å². The highest BCUT2D eigenvalue weighted by Crippen LogP contribution is 2.72. The molecule has 2 aromatic rings. The van der Waals surface area contributed by atoms with Gasteiger partial charge in [0.1, 0.15) is 12.3 Å². The minimum absolute atomic E-state index is 0.203. The lowest BCUT2D eigenvalue weighted by molar-refractivity contribution is -0.0417. The maximum absolute atomic E-state index is 9.81. The number of anilines is 2. The highest BCUT2D eigenvalue weighted by molar-refractivity contribution is 5.72. The summed E-state index contributed by atoms with van der Waals surface area (Å²) >= 11 is 0. The Hall–Kier alpha value is -4.16. The molecular formula is C29H26N6. The molecule has 172 valence electrons. The lowest BCUT2D eigenvalue weighted by Crippen LogP contribution is -2.70. The molecule has 0 amide bonds. The summed E-state index contributed by atoms with van der Waals surface area (Å²) in [5.41, 5.74) is 5.98. The van der Waals surface area contributed by atoms with Crippen LogP contribution in [0.25, 0.3) is 0 Å². The number of nitrogens with zero attached hydrogens (tertiary/aromatic N) is 6. The fourth-order valence-corrected chi connectivity index (χ4v) is 7.81. The summed E-state index contributed by atoms with van der Waals surface area (Å²) in [6.45, 7) is 4.35. The van der Waals surface area contributed by atoms with Gasteiger partial charge in [0.05, 0.1) is 23.3 Å². The number of benzene rings is 2. The number of fused-ring (bicyclic) bond motifs is 11. The van der Waals surface area contributed by atoms with Gasteiger partial charge in [0.15, 0.2) is 0 Å². The first-order valence-electron chi connectivity index (χ1n) is 12.1. The van der Waals surface area contributed by atoms with Crippen molar-refractivity contribution in [1.29, 1.82) is 10.5 Å². The smallest absolute Gasteiger partial charge is 0.109 e. The SMILES string of the molecule is C=CC1C2C3N(C)C=CN3c3ccc(C#N)cc3C2C12CC1N(C)C=CN1c1ccc(C#N)cc12. The molecule has 1 fully saturated rings. The van der Waals surface area contributed by atoms with E-state index in [1.807, 2.05) is 12.1 Å². The molecule has 0 aromatic heterocycles. The van der Waals surface area contributed by atoms with Crippen LogP contribution in [0, 0.1) is 34.5 Å². The molecule has 0 bridgehead atoms. The van der Waals surface area contributed by atoms with Crippen LogP contribution in [-0.4, -0.2) is 36.2 Å². The Labute approximate surface area is 205 Å². The van der Waals surface area contributed by atoms with E-state index >= 15 is 0 Å². The second-order valence-corrected chi connectivity index (χ2v) is 10.4. The van der Waals surface area contributed by atoms with Gasteiger partial charge in [-0.3, -0.25) is 0 Å². The van der Waals surface area contributed by atoms with Crippen molar-refractivity contribution in [3.8, 4) is 12.1 Å². The minimum atomic E-state index is -0.214. The zero-order chi connectivity index (χ0) is 24.1. The summed E-state index contributed by atoms with van der Waals surface area (Å²) in [4.78, 5) is 9.32. The van der Waals surface area contributed by atoms with E-state index in [1.54, 1.807) is 0 Å². The van der Waals surface area contributed by atoms with Crippen LogP contribution in [0.2, 0.25) is 0 Å². The zero-order valence-electron chi connectivity index (χ0n) is 19.8. The predicted molar refractivity (Wildman–Crippen MR) is 135 cm³/mol. The molecule has 1 saturated carbocycles. The Balaban J connectivity index is 1.51. The molecule has 2 aromatic carbocycles. The van der Waals surface area contributed by atoms with Crippen molar-refractivity contribution in [3.63, 3.8) is 0 Å². The van der Waals surface area contributed by atoms with E-state index in [4.69, 9.17) is 0 Å². The number of hydrogen-bond acceptors (Lipinski definition) is 6. The van der Waals surface area contributed by atoms with Crippen molar-refractivity contribution in [3.05, 3.63) is 96.1 Å². The molecule has 1 aliphatic carbocycles. The molecule has 0 N–H and O–H groups in total. The van der Waals surface area contributed by atoms with E-state index in [9.17, 15) is 10.5 Å². The van der Waals surface area contributed by atoms with Crippen LogP contribution in [0.3, 0.4) is 0 Å². The fourth-order valence-electron chi connectivity index (χ4n) is 7.81. The van der Waals surface area contributed by atoms with Crippen molar-refractivity contribution in [2.75, 3.05) is 23.9 Å². The van der Waals surface area contributed by atoms with Gasteiger partial charge >= 0.3 is 0 Å². The third kappa shape index (κ3) is 2.27. The topological polar surface area (TPSA) is 60.5 Å². The second-order valence-electron chi connectivity index (χ2n) is 10.4. The van der Waals surface area contributed by atoms with Crippen molar-refractivity contribution in [2.45, 2.75) is 30.1 Å². The molecular weight excluding hydrogens is 432 g/mol. The number of hydrogen-bond donors (Lipinski definition) is 0. The first kappa shape index (κ1) is 20.2. The van der Waals surface area contributed by atoms with Crippen LogP contribution < -0.4 is 9.80 Å². The number of nitriles is 2.